The maximum Gasteiger partial charge on any atom is 0.241 e. The van der Waals surface area contributed by atoms with Crippen molar-refractivity contribution in [2.75, 3.05) is 0 Å². The fraction of sp³-hybridized carbons (Fsp3) is 0.538. The second-order valence-electron chi connectivity index (χ2n) is 5.35. The maximum absolute atomic E-state index is 12.1. The Balaban J connectivity index is 3.10. The summed E-state index contributed by atoms with van der Waals surface area (Å²) in [6.45, 7) is 7.21. The number of aliphatic hydroxyl groups is 1. The van der Waals surface area contributed by atoms with Crippen LogP contribution in [0.25, 0.3) is 0 Å². The fourth-order valence-electron chi connectivity index (χ4n) is 1.59. The van der Waals surface area contributed by atoms with E-state index in [9.17, 15) is 13.5 Å². The molecule has 5 heteroatoms. The van der Waals surface area contributed by atoms with Crippen molar-refractivity contribution in [3.8, 4) is 0 Å². The van der Waals surface area contributed by atoms with Crippen molar-refractivity contribution in [1.29, 1.82) is 0 Å². The first-order valence-corrected chi connectivity index (χ1v) is 7.46. The molecule has 4 nitrogen and oxygen atoms in total. The average Bonchev–Trinajstić information content (AvgIpc) is 2.25. The van der Waals surface area contributed by atoms with Crippen LogP contribution in [-0.2, 0) is 10.0 Å². The molecule has 1 unspecified atom stereocenters. The quantitative estimate of drug-likeness (QED) is 0.882. The molecule has 1 atom stereocenters. The molecule has 0 aliphatic heterocycles. The number of nitrogens with one attached hydrogen (secondary N) is 1. The monoisotopic (exact) mass is 271 g/mol. The van der Waals surface area contributed by atoms with Gasteiger partial charge in [-0.05, 0) is 44.9 Å². The Morgan fingerprint density at radius 1 is 1.33 bits per heavy atom. The molecular weight excluding hydrogens is 250 g/mol. The Hall–Kier alpha value is -0.910. The number of rotatable bonds is 4. The molecular formula is C13H21NO3S. The molecule has 0 amide bonds. The minimum atomic E-state index is -3.54. The summed E-state index contributed by atoms with van der Waals surface area (Å²) < 4.78 is 26.8. The van der Waals surface area contributed by atoms with Crippen LogP contribution in [0.3, 0.4) is 0 Å². The SMILES string of the molecule is CCC(O)c1cccc(S(=O)(=O)NC(C)(C)C)c1. The van der Waals surface area contributed by atoms with Crippen molar-refractivity contribution >= 4 is 10.0 Å². The highest BCUT2D eigenvalue weighted by Crippen LogP contribution is 2.20. The van der Waals surface area contributed by atoms with Crippen LogP contribution in [-0.4, -0.2) is 19.1 Å². The minimum Gasteiger partial charge on any atom is -0.388 e. The van der Waals surface area contributed by atoms with Gasteiger partial charge in [0.25, 0.3) is 0 Å². The second-order valence-corrected chi connectivity index (χ2v) is 7.03. The summed E-state index contributed by atoms with van der Waals surface area (Å²) in [6, 6.07) is 6.41. The predicted molar refractivity (Wildman–Crippen MR) is 71.8 cm³/mol. The molecule has 0 heterocycles. The smallest absolute Gasteiger partial charge is 0.241 e. The number of benzene rings is 1. The zero-order chi connectivity index (χ0) is 14.0. The molecule has 0 aliphatic carbocycles. The molecule has 1 aromatic carbocycles. The van der Waals surface area contributed by atoms with E-state index in [4.69, 9.17) is 0 Å². The lowest BCUT2D eigenvalue weighted by Gasteiger charge is -2.20. The van der Waals surface area contributed by atoms with E-state index in [1.807, 2.05) is 6.92 Å². The van der Waals surface area contributed by atoms with Gasteiger partial charge in [0.05, 0.1) is 11.0 Å². The van der Waals surface area contributed by atoms with Crippen LogP contribution in [0.5, 0.6) is 0 Å². The third-order valence-corrected chi connectivity index (χ3v) is 4.14. The first kappa shape index (κ1) is 15.1. The predicted octanol–water partition coefficient (Wildman–Crippen LogP) is 2.21. The van der Waals surface area contributed by atoms with Crippen molar-refractivity contribution < 1.29 is 13.5 Å². The van der Waals surface area contributed by atoms with Crippen LogP contribution in [0, 0.1) is 0 Å². The molecule has 1 aromatic rings. The van der Waals surface area contributed by atoms with Gasteiger partial charge in [-0.2, -0.15) is 0 Å². The standard InChI is InChI=1S/C13H21NO3S/c1-5-12(15)10-7-6-8-11(9-10)18(16,17)14-13(2,3)4/h6-9,12,14-15H,5H2,1-4H3. The highest BCUT2D eigenvalue weighted by molar-refractivity contribution is 7.89. The molecule has 2 N–H and O–H groups in total. The van der Waals surface area contributed by atoms with Gasteiger partial charge in [-0.15, -0.1) is 0 Å². The Kier molecular flexibility index (Phi) is 4.53. The number of hydrogen-bond donors (Lipinski definition) is 2. The highest BCUT2D eigenvalue weighted by Gasteiger charge is 2.22. The Labute approximate surface area is 109 Å². The van der Waals surface area contributed by atoms with E-state index >= 15 is 0 Å². The molecule has 0 spiro atoms. The zero-order valence-electron chi connectivity index (χ0n) is 11.3. The average molecular weight is 271 g/mol. The lowest BCUT2D eigenvalue weighted by atomic mass is 10.1. The van der Waals surface area contributed by atoms with E-state index in [0.29, 0.717) is 12.0 Å². The van der Waals surface area contributed by atoms with Gasteiger partial charge in [-0.1, -0.05) is 19.1 Å². The number of aliphatic hydroxyl groups excluding tert-OH is 1. The van der Waals surface area contributed by atoms with E-state index in [2.05, 4.69) is 4.72 Å². The third-order valence-electron chi connectivity index (χ3n) is 2.38. The Bertz CT molecular complexity index is 503. The van der Waals surface area contributed by atoms with Crippen LogP contribution in [0.4, 0.5) is 0 Å². The molecule has 0 radical (unpaired) electrons. The summed E-state index contributed by atoms with van der Waals surface area (Å²) in [5.41, 5.74) is 0.0902. The summed E-state index contributed by atoms with van der Waals surface area (Å²) in [5.74, 6) is 0. The molecule has 0 fully saturated rings. The van der Waals surface area contributed by atoms with Crippen molar-refractivity contribution in [3.05, 3.63) is 29.8 Å². The van der Waals surface area contributed by atoms with Crippen molar-refractivity contribution in [2.24, 2.45) is 0 Å². The van der Waals surface area contributed by atoms with Gasteiger partial charge < -0.3 is 5.11 Å². The fourth-order valence-corrected chi connectivity index (χ4v) is 3.06. The Morgan fingerprint density at radius 2 is 1.94 bits per heavy atom. The lowest BCUT2D eigenvalue weighted by molar-refractivity contribution is 0.173. The van der Waals surface area contributed by atoms with E-state index in [1.54, 1.807) is 32.9 Å². The van der Waals surface area contributed by atoms with Crippen LogP contribution < -0.4 is 4.72 Å². The summed E-state index contributed by atoms with van der Waals surface area (Å²) in [5, 5.41) is 9.74. The Morgan fingerprint density at radius 3 is 2.44 bits per heavy atom. The van der Waals surface area contributed by atoms with Gasteiger partial charge in [-0.3, -0.25) is 0 Å². The van der Waals surface area contributed by atoms with Gasteiger partial charge >= 0.3 is 0 Å². The summed E-state index contributed by atoms with van der Waals surface area (Å²) in [7, 11) is -3.54. The van der Waals surface area contributed by atoms with E-state index in [0.717, 1.165) is 0 Å². The summed E-state index contributed by atoms with van der Waals surface area (Å²) in [6.07, 6.45) is -0.0780. The molecule has 0 bridgehead atoms. The van der Waals surface area contributed by atoms with Gasteiger partial charge in [0.15, 0.2) is 0 Å². The summed E-state index contributed by atoms with van der Waals surface area (Å²) >= 11 is 0. The van der Waals surface area contributed by atoms with E-state index in [1.165, 1.54) is 12.1 Å². The first-order valence-electron chi connectivity index (χ1n) is 5.98. The normalized spacial score (nSPS) is 14.5. The van der Waals surface area contributed by atoms with E-state index in [-0.39, 0.29) is 4.90 Å². The highest BCUT2D eigenvalue weighted by atomic mass is 32.2. The molecule has 102 valence electrons. The van der Waals surface area contributed by atoms with Crippen molar-refractivity contribution in [3.63, 3.8) is 0 Å². The molecule has 1 rings (SSSR count). The maximum atomic E-state index is 12.1. The van der Waals surface area contributed by atoms with Gasteiger partial charge in [0, 0.05) is 5.54 Å². The largest absolute Gasteiger partial charge is 0.388 e. The minimum absolute atomic E-state index is 0.183. The van der Waals surface area contributed by atoms with Gasteiger partial charge in [0.1, 0.15) is 0 Å². The lowest BCUT2D eigenvalue weighted by Crippen LogP contribution is -2.40. The van der Waals surface area contributed by atoms with Crippen LogP contribution in [0.1, 0.15) is 45.8 Å². The topological polar surface area (TPSA) is 66.4 Å². The second kappa shape index (κ2) is 5.38. The third kappa shape index (κ3) is 4.08. The first-order chi connectivity index (χ1) is 8.15. The molecule has 0 aromatic heterocycles. The van der Waals surface area contributed by atoms with E-state index < -0.39 is 21.7 Å². The molecule has 0 saturated heterocycles. The molecule has 0 aliphatic rings. The zero-order valence-corrected chi connectivity index (χ0v) is 12.1. The van der Waals surface area contributed by atoms with Crippen LogP contribution in [0.2, 0.25) is 0 Å². The van der Waals surface area contributed by atoms with Crippen molar-refractivity contribution in [1.82, 2.24) is 4.72 Å². The van der Waals surface area contributed by atoms with Gasteiger partial charge in [0.2, 0.25) is 10.0 Å². The van der Waals surface area contributed by atoms with Crippen LogP contribution in [0.15, 0.2) is 29.2 Å². The summed E-state index contributed by atoms with van der Waals surface area (Å²) in [4.78, 5) is 0.183. The molecule has 0 saturated carbocycles. The number of hydrogen-bond acceptors (Lipinski definition) is 3. The van der Waals surface area contributed by atoms with Crippen molar-refractivity contribution in [2.45, 2.75) is 50.7 Å². The van der Waals surface area contributed by atoms with Crippen LogP contribution >= 0.6 is 0 Å². The molecule has 18 heavy (non-hydrogen) atoms. The number of sulfonamides is 1. The van der Waals surface area contributed by atoms with Gasteiger partial charge in [-0.25, -0.2) is 13.1 Å².